The third-order valence-corrected chi connectivity index (χ3v) is 1.90. The molecule has 0 radical (unpaired) electrons. The van der Waals surface area contributed by atoms with Crippen LogP contribution in [-0.2, 0) is 0 Å². The van der Waals surface area contributed by atoms with E-state index in [4.69, 9.17) is 5.26 Å². The van der Waals surface area contributed by atoms with Crippen molar-refractivity contribution >= 4 is 11.6 Å². The molecule has 0 atom stereocenters. The van der Waals surface area contributed by atoms with Crippen molar-refractivity contribution in [2.75, 3.05) is 5.32 Å². The van der Waals surface area contributed by atoms with Crippen molar-refractivity contribution in [3.05, 3.63) is 42.0 Å². The highest BCUT2D eigenvalue weighted by Gasteiger charge is 1.99. The fourth-order valence-corrected chi connectivity index (χ4v) is 1.23. The molecule has 0 bridgehead atoms. The molecule has 2 heterocycles. The van der Waals surface area contributed by atoms with Gasteiger partial charge in [-0.15, -0.1) is 0 Å². The minimum atomic E-state index is 0.332. The normalized spacial score (nSPS) is 9.50. The lowest BCUT2D eigenvalue weighted by atomic mass is 10.3. The Morgan fingerprint density at radius 2 is 2.25 bits per heavy atom. The predicted molar refractivity (Wildman–Crippen MR) is 59.0 cm³/mol. The van der Waals surface area contributed by atoms with Gasteiger partial charge in [-0.3, -0.25) is 4.98 Å². The van der Waals surface area contributed by atoms with Gasteiger partial charge < -0.3 is 5.32 Å². The van der Waals surface area contributed by atoms with E-state index in [2.05, 4.69) is 20.3 Å². The summed E-state index contributed by atoms with van der Waals surface area (Å²) in [6.07, 6.45) is 4.98. The first-order chi connectivity index (χ1) is 7.78. The maximum atomic E-state index is 8.69. The Kier molecular flexibility index (Phi) is 2.74. The average Bonchev–Trinajstić information content (AvgIpc) is 2.29. The summed E-state index contributed by atoms with van der Waals surface area (Å²) >= 11 is 0. The van der Waals surface area contributed by atoms with Crippen LogP contribution in [0.3, 0.4) is 0 Å². The monoisotopic (exact) mass is 211 g/mol. The number of anilines is 2. The van der Waals surface area contributed by atoms with Gasteiger partial charge in [-0.05, 0) is 24.6 Å². The second-order valence-electron chi connectivity index (χ2n) is 3.25. The number of hydrogen-bond acceptors (Lipinski definition) is 5. The van der Waals surface area contributed by atoms with Crippen LogP contribution in [-0.4, -0.2) is 15.0 Å². The first-order valence-electron chi connectivity index (χ1n) is 4.70. The first kappa shape index (κ1) is 10.1. The quantitative estimate of drug-likeness (QED) is 0.819. The Morgan fingerprint density at radius 1 is 1.38 bits per heavy atom. The number of hydrogen-bond donors (Lipinski definition) is 1. The fraction of sp³-hybridized carbons (Fsp3) is 0.0909. The number of nitrogens with zero attached hydrogens (tertiary/aromatic N) is 4. The van der Waals surface area contributed by atoms with Crippen LogP contribution in [0.15, 0.2) is 30.7 Å². The zero-order chi connectivity index (χ0) is 11.4. The second kappa shape index (κ2) is 4.36. The van der Waals surface area contributed by atoms with Gasteiger partial charge in [0.25, 0.3) is 0 Å². The van der Waals surface area contributed by atoms with Crippen molar-refractivity contribution in [2.24, 2.45) is 0 Å². The molecule has 0 aromatic carbocycles. The van der Waals surface area contributed by atoms with Gasteiger partial charge in [-0.2, -0.15) is 5.26 Å². The lowest BCUT2D eigenvalue weighted by Crippen LogP contribution is -1.98. The summed E-state index contributed by atoms with van der Waals surface area (Å²) in [5.41, 5.74) is 2.18. The van der Waals surface area contributed by atoms with Crippen LogP contribution in [0, 0.1) is 18.3 Å². The average molecular weight is 211 g/mol. The molecule has 2 aromatic heterocycles. The van der Waals surface area contributed by atoms with Crippen LogP contribution in [0.1, 0.15) is 11.3 Å². The first-order valence-corrected chi connectivity index (χ1v) is 4.70. The van der Waals surface area contributed by atoms with E-state index >= 15 is 0 Å². The summed E-state index contributed by atoms with van der Waals surface area (Å²) in [6.45, 7) is 1.95. The minimum Gasteiger partial charge on any atom is -0.323 e. The van der Waals surface area contributed by atoms with Crippen LogP contribution in [0.4, 0.5) is 11.6 Å². The standard InChI is InChI=1S/C11H9N5/c1-8-4-10(7-13-6-8)16-11-14-3-2-9(5-12)15-11/h2-4,6-7H,1H3,(H,14,15,16). The molecule has 0 fully saturated rings. The molecule has 0 spiro atoms. The van der Waals surface area contributed by atoms with E-state index in [0.717, 1.165) is 11.3 Å². The fourth-order valence-electron chi connectivity index (χ4n) is 1.23. The van der Waals surface area contributed by atoms with Crippen LogP contribution >= 0.6 is 0 Å². The molecule has 0 unspecified atom stereocenters. The minimum absolute atomic E-state index is 0.332. The van der Waals surface area contributed by atoms with Crippen LogP contribution in [0.2, 0.25) is 0 Å². The number of nitrogens with one attached hydrogen (secondary N) is 1. The van der Waals surface area contributed by atoms with Gasteiger partial charge in [0, 0.05) is 12.4 Å². The van der Waals surface area contributed by atoms with E-state index in [0.29, 0.717) is 11.6 Å². The van der Waals surface area contributed by atoms with E-state index in [1.54, 1.807) is 18.5 Å². The molecule has 2 aromatic rings. The number of pyridine rings is 1. The Labute approximate surface area is 92.8 Å². The number of aromatic nitrogens is 3. The molecule has 0 saturated carbocycles. The highest BCUT2D eigenvalue weighted by Crippen LogP contribution is 2.12. The molecule has 0 aliphatic rings. The molecule has 2 rings (SSSR count). The van der Waals surface area contributed by atoms with Gasteiger partial charge >= 0.3 is 0 Å². The summed E-state index contributed by atoms with van der Waals surface area (Å²) < 4.78 is 0. The molecule has 1 N–H and O–H groups in total. The van der Waals surface area contributed by atoms with Gasteiger partial charge in [-0.25, -0.2) is 9.97 Å². The number of nitriles is 1. The largest absolute Gasteiger partial charge is 0.323 e. The Hall–Kier alpha value is -2.48. The smallest absolute Gasteiger partial charge is 0.228 e. The van der Waals surface area contributed by atoms with Gasteiger partial charge in [0.15, 0.2) is 0 Å². The topological polar surface area (TPSA) is 74.5 Å². The third kappa shape index (κ3) is 2.30. The Morgan fingerprint density at radius 3 is 3.00 bits per heavy atom. The summed E-state index contributed by atoms with van der Waals surface area (Å²) in [5, 5.41) is 11.7. The molecule has 0 aliphatic heterocycles. The van der Waals surface area contributed by atoms with E-state index in [1.165, 1.54) is 6.20 Å². The third-order valence-electron chi connectivity index (χ3n) is 1.90. The van der Waals surface area contributed by atoms with Gasteiger partial charge in [0.05, 0.1) is 11.9 Å². The number of rotatable bonds is 2. The SMILES string of the molecule is Cc1cncc(Nc2nccc(C#N)n2)c1. The lowest BCUT2D eigenvalue weighted by molar-refractivity contribution is 1.13. The Balaban J connectivity index is 2.24. The van der Waals surface area contributed by atoms with Crippen molar-refractivity contribution < 1.29 is 0 Å². The lowest BCUT2D eigenvalue weighted by Gasteiger charge is -2.04. The van der Waals surface area contributed by atoms with Gasteiger partial charge in [0.2, 0.25) is 5.95 Å². The van der Waals surface area contributed by atoms with Crippen molar-refractivity contribution in [3.63, 3.8) is 0 Å². The van der Waals surface area contributed by atoms with Crippen molar-refractivity contribution in [1.29, 1.82) is 5.26 Å². The predicted octanol–water partition coefficient (Wildman–Crippen LogP) is 1.80. The van der Waals surface area contributed by atoms with E-state index < -0.39 is 0 Å². The molecule has 16 heavy (non-hydrogen) atoms. The highest BCUT2D eigenvalue weighted by molar-refractivity contribution is 5.52. The maximum absolute atomic E-state index is 8.69. The molecule has 0 saturated heterocycles. The summed E-state index contributed by atoms with van der Waals surface area (Å²) in [6, 6.07) is 5.44. The van der Waals surface area contributed by atoms with Crippen LogP contribution in [0.5, 0.6) is 0 Å². The zero-order valence-electron chi connectivity index (χ0n) is 8.68. The number of aryl methyl sites for hydroxylation is 1. The molecule has 5 heteroatoms. The van der Waals surface area contributed by atoms with E-state index in [-0.39, 0.29) is 0 Å². The van der Waals surface area contributed by atoms with Crippen molar-refractivity contribution in [3.8, 4) is 6.07 Å². The molecule has 0 amide bonds. The second-order valence-corrected chi connectivity index (χ2v) is 3.25. The van der Waals surface area contributed by atoms with E-state index in [1.807, 2.05) is 19.1 Å². The van der Waals surface area contributed by atoms with E-state index in [9.17, 15) is 0 Å². The van der Waals surface area contributed by atoms with Crippen molar-refractivity contribution in [2.45, 2.75) is 6.92 Å². The van der Waals surface area contributed by atoms with Gasteiger partial charge in [-0.1, -0.05) is 0 Å². The summed E-state index contributed by atoms with van der Waals surface area (Å²) in [5.74, 6) is 0.395. The maximum Gasteiger partial charge on any atom is 0.228 e. The summed E-state index contributed by atoms with van der Waals surface area (Å²) in [7, 11) is 0. The molecular formula is C11H9N5. The van der Waals surface area contributed by atoms with Crippen LogP contribution < -0.4 is 5.32 Å². The van der Waals surface area contributed by atoms with Gasteiger partial charge in [0.1, 0.15) is 11.8 Å². The Bertz CT molecular complexity index is 544. The molecular weight excluding hydrogens is 202 g/mol. The zero-order valence-corrected chi connectivity index (χ0v) is 8.68. The highest BCUT2D eigenvalue weighted by atomic mass is 15.1. The summed E-state index contributed by atoms with van der Waals surface area (Å²) in [4.78, 5) is 12.1. The molecule has 5 nitrogen and oxygen atoms in total. The molecule has 0 aliphatic carbocycles. The van der Waals surface area contributed by atoms with Crippen LogP contribution in [0.25, 0.3) is 0 Å². The van der Waals surface area contributed by atoms with Crippen molar-refractivity contribution in [1.82, 2.24) is 15.0 Å². The molecule has 78 valence electrons.